The van der Waals surface area contributed by atoms with Crippen molar-refractivity contribution in [1.29, 1.82) is 5.26 Å². The molecule has 3 rings (SSSR count). The average Bonchev–Trinajstić information content (AvgIpc) is 2.91. The van der Waals surface area contributed by atoms with Gasteiger partial charge in [0.25, 0.3) is 5.91 Å². The van der Waals surface area contributed by atoms with Crippen LogP contribution in [0.5, 0.6) is 0 Å². The van der Waals surface area contributed by atoms with Crippen LogP contribution < -0.4 is 0 Å². The third kappa shape index (κ3) is 1.80. The molecule has 1 heterocycles. The van der Waals surface area contributed by atoms with Gasteiger partial charge in [-0.1, -0.05) is 24.3 Å². The summed E-state index contributed by atoms with van der Waals surface area (Å²) in [7, 11) is 0. The summed E-state index contributed by atoms with van der Waals surface area (Å²) in [6, 6.07) is 18.4. The quantitative estimate of drug-likeness (QED) is 0.662. The summed E-state index contributed by atoms with van der Waals surface area (Å²) in [4.78, 5) is 12.4. The topological polar surface area (TPSA) is 45.8 Å². The van der Waals surface area contributed by atoms with E-state index in [0.717, 1.165) is 10.9 Å². The van der Waals surface area contributed by atoms with Crippen LogP contribution in [0.15, 0.2) is 60.8 Å². The zero-order chi connectivity index (χ0) is 13.2. The molecular weight excluding hydrogens is 236 g/mol. The van der Waals surface area contributed by atoms with Gasteiger partial charge in [-0.3, -0.25) is 9.36 Å². The van der Waals surface area contributed by atoms with Gasteiger partial charge in [-0.25, -0.2) is 0 Å². The smallest absolute Gasteiger partial charge is 0.262 e. The molecule has 0 aliphatic rings. The second-order valence-corrected chi connectivity index (χ2v) is 4.21. The summed E-state index contributed by atoms with van der Waals surface area (Å²) in [5.41, 5.74) is 1.97. The molecule has 0 saturated heterocycles. The van der Waals surface area contributed by atoms with Crippen LogP contribution in [0.1, 0.15) is 15.9 Å². The Morgan fingerprint density at radius 3 is 2.53 bits per heavy atom. The Kier molecular flexibility index (Phi) is 2.62. The molecule has 0 N–H and O–H groups in total. The van der Waals surface area contributed by atoms with E-state index in [1.54, 1.807) is 41.1 Å². The largest absolute Gasteiger partial charge is 0.283 e. The van der Waals surface area contributed by atoms with E-state index < -0.39 is 0 Å². The number of rotatable bonds is 1. The fraction of sp³-hybridized carbons (Fsp3) is 0. The number of carbonyl (C=O) groups excluding carboxylic acids is 1. The number of benzene rings is 2. The van der Waals surface area contributed by atoms with E-state index in [1.165, 1.54) is 0 Å². The lowest BCUT2D eigenvalue weighted by molar-refractivity contribution is 0.0965. The first-order valence-corrected chi connectivity index (χ1v) is 5.91. The molecule has 0 radical (unpaired) electrons. The Bertz CT molecular complexity index is 794. The molecule has 0 amide bonds. The van der Waals surface area contributed by atoms with Gasteiger partial charge in [-0.2, -0.15) is 5.26 Å². The summed E-state index contributed by atoms with van der Waals surface area (Å²) >= 11 is 0. The maximum absolute atomic E-state index is 12.4. The summed E-state index contributed by atoms with van der Waals surface area (Å²) < 4.78 is 1.57. The van der Waals surface area contributed by atoms with Crippen LogP contribution in [0.3, 0.4) is 0 Å². The van der Waals surface area contributed by atoms with Gasteiger partial charge in [0.15, 0.2) is 0 Å². The second-order valence-electron chi connectivity index (χ2n) is 4.21. The maximum atomic E-state index is 12.4. The summed E-state index contributed by atoms with van der Waals surface area (Å²) in [6.45, 7) is 0. The highest BCUT2D eigenvalue weighted by atomic mass is 16.2. The van der Waals surface area contributed by atoms with Gasteiger partial charge >= 0.3 is 0 Å². The Balaban J connectivity index is 2.18. The van der Waals surface area contributed by atoms with Crippen molar-refractivity contribution in [3.8, 4) is 6.07 Å². The number of fused-ring (bicyclic) bond motifs is 1. The van der Waals surface area contributed by atoms with Crippen molar-refractivity contribution in [1.82, 2.24) is 4.57 Å². The maximum Gasteiger partial charge on any atom is 0.262 e. The van der Waals surface area contributed by atoms with E-state index >= 15 is 0 Å². The highest BCUT2D eigenvalue weighted by molar-refractivity contribution is 6.03. The molecule has 2 aromatic carbocycles. The Labute approximate surface area is 110 Å². The molecular formula is C16H10N2O. The minimum Gasteiger partial charge on any atom is -0.283 e. The van der Waals surface area contributed by atoms with Gasteiger partial charge in [0.1, 0.15) is 0 Å². The number of hydrogen-bond acceptors (Lipinski definition) is 2. The fourth-order valence-electron chi connectivity index (χ4n) is 2.16. The van der Waals surface area contributed by atoms with E-state index in [2.05, 4.69) is 6.07 Å². The molecule has 19 heavy (non-hydrogen) atoms. The van der Waals surface area contributed by atoms with E-state index in [4.69, 9.17) is 5.26 Å². The molecule has 0 atom stereocenters. The highest BCUT2D eigenvalue weighted by Gasteiger charge is 2.12. The van der Waals surface area contributed by atoms with Crippen LogP contribution in [0.4, 0.5) is 0 Å². The fourth-order valence-corrected chi connectivity index (χ4v) is 2.16. The lowest BCUT2D eigenvalue weighted by Crippen LogP contribution is -2.10. The molecule has 0 unspecified atom stereocenters. The normalized spacial score (nSPS) is 10.3. The third-order valence-electron chi connectivity index (χ3n) is 3.09. The van der Waals surface area contributed by atoms with E-state index in [1.807, 2.05) is 24.3 Å². The van der Waals surface area contributed by atoms with Gasteiger partial charge in [0, 0.05) is 17.1 Å². The summed E-state index contributed by atoms with van der Waals surface area (Å²) in [5.74, 6) is -0.0920. The Hall–Kier alpha value is -2.86. The lowest BCUT2D eigenvalue weighted by Gasteiger charge is -2.04. The Morgan fingerprint density at radius 1 is 1.00 bits per heavy atom. The van der Waals surface area contributed by atoms with Crippen LogP contribution in [-0.4, -0.2) is 10.5 Å². The summed E-state index contributed by atoms with van der Waals surface area (Å²) in [5, 5.41) is 9.86. The molecule has 0 aliphatic carbocycles. The molecule has 0 spiro atoms. The molecule has 3 nitrogen and oxygen atoms in total. The number of aromatic nitrogens is 1. The highest BCUT2D eigenvalue weighted by Crippen LogP contribution is 2.20. The summed E-state index contributed by atoms with van der Waals surface area (Å²) in [6.07, 6.45) is 1.71. The minimum atomic E-state index is -0.0920. The van der Waals surface area contributed by atoms with Gasteiger partial charge in [-0.05, 0) is 30.3 Å². The number of nitrogens with zero attached hydrogens (tertiary/aromatic N) is 2. The van der Waals surface area contributed by atoms with Crippen molar-refractivity contribution in [3.05, 3.63) is 71.9 Å². The molecule has 0 aliphatic heterocycles. The van der Waals surface area contributed by atoms with Gasteiger partial charge in [0.2, 0.25) is 0 Å². The number of hydrogen-bond donors (Lipinski definition) is 0. The van der Waals surface area contributed by atoms with Crippen molar-refractivity contribution in [2.75, 3.05) is 0 Å². The van der Waals surface area contributed by atoms with Gasteiger partial charge in [0.05, 0.1) is 17.1 Å². The molecule has 90 valence electrons. The third-order valence-corrected chi connectivity index (χ3v) is 3.09. The lowest BCUT2D eigenvalue weighted by atomic mass is 10.1. The van der Waals surface area contributed by atoms with Crippen molar-refractivity contribution < 1.29 is 4.79 Å². The van der Waals surface area contributed by atoms with Crippen molar-refractivity contribution >= 4 is 16.8 Å². The molecule has 1 aromatic heterocycles. The van der Waals surface area contributed by atoms with Crippen LogP contribution in [0, 0.1) is 11.3 Å². The zero-order valence-electron chi connectivity index (χ0n) is 10.1. The molecule has 3 aromatic rings. The van der Waals surface area contributed by atoms with Crippen LogP contribution in [0.2, 0.25) is 0 Å². The van der Waals surface area contributed by atoms with Crippen molar-refractivity contribution in [2.45, 2.75) is 0 Å². The average molecular weight is 246 g/mol. The van der Waals surface area contributed by atoms with E-state index in [9.17, 15) is 4.79 Å². The van der Waals surface area contributed by atoms with E-state index in [0.29, 0.717) is 11.1 Å². The molecule has 0 fully saturated rings. The van der Waals surface area contributed by atoms with Crippen LogP contribution in [0.25, 0.3) is 10.9 Å². The predicted octanol–water partition coefficient (Wildman–Crippen LogP) is 3.20. The van der Waals surface area contributed by atoms with Crippen molar-refractivity contribution in [3.63, 3.8) is 0 Å². The first kappa shape index (κ1) is 11.2. The van der Waals surface area contributed by atoms with Crippen LogP contribution in [-0.2, 0) is 0 Å². The van der Waals surface area contributed by atoms with E-state index in [-0.39, 0.29) is 5.91 Å². The first-order chi connectivity index (χ1) is 9.31. The SMILES string of the molecule is N#Cc1cccc2c1ccn2C(=O)c1ccccc1. The zero-order valence-corrected chi connectivity index (χ0v) is 10.1. The van der Waals surface area contributed by atoms with Gasteiger partial charge < -0.3 is 0 Å². The number of carbonyl (C=O) groups is 1. The molecule has 3 heteroatoms. The molecule has 0 bridgehead atoms. The van der Waals surface area contributed by atoms with Gasteiger partial charge in [-0.15, -0.1) is 0 Å². The second kappa shape index (κ2) is 4.43. The minimum absolute atomic E-state index is 0.0920. The monoisotopic (exact) mass is 246 g/mol. The predicted molar refractivity (Wildman–Crippen MR) is 72.8 cm³/mol. The Morgan fingerprint density at radius 2 is 1.79 bits per heavy atom. The van der Waals surface area contributed by atoms with Crippen molar-refractivity contribution in [2.24, 2.45) is 0 Å². The number of nitriles is 1. The van der Waals surface area contributed by atoms with Crippen LogP contribution >= 0.6 is 0 Å². The standard InChI is InChI=1S/C16H10N2O/c17-11-13-7-4-8-15-14(13)9-10-18(15)16(19)12-5-2-1-3-6-12/h1-10H. The first-order valence-electron chi connectivity index (χ1n) is 5.91. The molecule has 0 saturated carbocycles.